The number of nitrogens with zero attached hydrogens (tertiary/aromatic N) is 2. The summed E-state index contributed by atoms with van der Waals surface area (Å²) in [5, 5.41) is 6.06. The van der Waals surface area contributed by atoms with Crippen molar-refractivity contribution in [2.24, 2.45) is 5.73 Å². The second-order valence-electron chi connectivity index (χ2n) is 5.76. The van der Waals surface area contributed by atoms with Gasteiger partial charge in [-0.1, -0.05) is 31.4 Å². The molecule has 4 N–H and O–H groups in total. The number of hydrogen-bond donors (Lipinski definition) is 3. The van der Waals surface area contributed by atoms with E-state index in [1.807, 2.05) is 0 Å². The molecule has 0 radical (unpaired) electrons. The third kappa shape index (κ3) is 5.50. The Balaban J connectivity index is 2.14. The number of unbranched alkanes of at least 4 members (excludes halogenated alkanes) is 1. The molecule has 2 amide bonds. The molecule has 0 bridgehead atoms. The zero-order valence-electron chi connectivity index (χ0n) is 14.5. The highest BCUT2D eigenvalue weighted by atomic mass is 35.5. The van der Waals surface area contributed by atoms with Gasteiger partial charge in [-0.15, -0.1) is 0 Å². The summed E-state index contributed by atoms with van der Waals surface area (Å²) < 4.78 is 0. The van der Waals surface area contributed by atoms with Crippen LogP contribution in [0.2, 0.25) is 5.02 Å². The summed E-state index contributed by atoms with van der Waals surface area (Å²) in [6.45, 7) is 2.38. The second kappa shape index (κ2) is 9.84. The molecule has 1 unspecified atom stereocenters. The van der Waals surface area contributed by atoms with Gasteiger partial charge in [0.05, 0.1) is 0 Å². The third-order valence-corrected chi connectivity index (χ3v) is 4.01. The lowest BCUT2D eigenvalue weighted by molar-refractivity contribution is 0.0917. The van der Waals surface area contributed by atoms with Crippen molar-refractivity contribution in [2.45, 2.75) is 32.2 Å². The van der Waals surface area contributed by atoms with Crippen molar-refractivity contribution in [1.82, 2.24) is 15.3 Å². The molecular weight excluding hydrogens is 354 g/mol. The summed E-state index contributed by atoms with van der Waals surface area (Å²) in [5.41, 5.74) is 6.17. The maximum atomic E-state index is 12.5. The largest absolute Gasteiger partial charge is 0.347 e. The molecule has 0 saturated carbocycles. The lowest BCUT2D eigenvalue weighted by Gasteiger charge is -2.16. The van der Waals surface area contributed by atoms with Gasteiger partial charge in [0.25, 0.3) is 11.8 Å². The molecule has 0 saturated heterocycles. The van der Waals surface area contributed by atoms with Gasteiger partial charge in [0.1, 0.15) is 0 Å². The first-order valence-electron chi connectivity index (χ1n) is 8.44. The van der Waals surface area contributed by atoms with Crippen LogP contribution < -0.4 is 16.4 Å². The predicted molar refractivity (Wildman–Crippen MR) is 101 cm³/mol. The Hall–Kier alpha value is -2.51. The van der Waals surface area contributed by atoms with Crippen molar-refractivity contribution in [2.75, 3.05) is 11.9 Å². The zero-order valence-corrected chi connectivity index (χ0v) is 15.3. The molecule has 0 spiro atoms. The van der Waals surface area contributed by atoms with Crippen molar-refractivity contribution in [1.29, 1.82) is 0 Å². The summed E-state index contributed by atoms with van der Waals surface area (Å²) in [4.78, 5) is 33.1. The van der Waals surface area contributed by atoms with E-state index in [0.717, 1.165) is 19.3 Å². The number of aromatic nitrogens is 2. The minimum atomic E-state index is -0.525. The topological polar surface area (TPSA) is 110 Å². The molecule has 1 atom stereocenters. The van der Waals surface area contributed by atoms with Crippen molar-refractivity contribution < 1.29 is 9.59 Å². The van der Waals surface area contributed by atoms with Crippen LogP contribution in [0.4, 0.5) is 5.69 Å². The van der Waals surface area contributed by atoms with Gasteiger partial charge in [0.2, 0.25) is 0 Å². The van der Waals surface area contributed by atoms with Crippen LogP contribution in [0, 0.1) is 0 Å². The normalized spacial score (nSPS) is 11.7. The first-order valence-corrected chi connectivity index (χ1v) is 8.81. The number of rotatable bonds is 8. The first kappa shape index (κ1) is 19.8. The van der Waals surface area contributed by atoms with Crippen LogP contribution in [0.25, 0.3) is 0 Å². The monoisotopic (exact) mass is 375 g/mol. The molecule has 0 aliphatic heterocycles. The minimum absolute atomic E-state index is 0.0334. The number of carbonyl (C=O) groups is 2. The molecule has 138 valence electrons. The van der Waals surface area contributed by atoms with E-state index in [1.54, 1.807) is 24.3 Å². The van der Waals surface area contributed by atoms with Crippen LogP contribution in [0.15, 0.2) is 36.7 Å². The molecule has 1 heterocycles. The number of nitrogens with two attached hydrogens (primary N) is 1. The van der Waals surface area contributed by atoms with E-state index in [9.17, 15) is 9.59 Å². The van der Waals surface area contributed by atoms with Crippen molar-refractivity contribution >= 4 is 29.1 Å². The average molecular weight is 376 g/mol. The number of nitrogens with one attached hydrogen (secondary N) is 2. The van der Waals surface area contributed by atoms with Gasteiger partial charge < -0.3 is 16.4 Å². The lowest BCUT2D eigenvalue weighted by atomic mass is 10.1. The molecule has 2 aromatic rings. The molecule has 0 fully saturated rings. The van der Waals surface area contributed by atoms with E-state index >= 15 is 0 Å². The molecule has 0 aliphatic carbocycles. The summed E-state index contributed by atoms with van der Waals surface area (Å²) in [6.07, 6.45) is 5.46. The summed E-state index contributed by atoms with van der Waals surface area (Å²) in [6, 6.07) is 6.45. The standard InChI is InChI=1S/C18H22ClN5O2/c1-2-3-4-14(11-20)24-18(26)16-15(21-9-10-22-16)17(25)23-13-7-5-12(19)6-8-13/h5-10,14H,2-4,11,20H2,1H3,(H,23,25)(H,24,26). The van der Waals surface area contributed by atoms with Gasteiger partial charge in [-0.3, -0.25) is 9.59 Å². The fraction of sp³-hybridized carbons (Fsp3) is 0.333. The van der Waals surface area contributed by atoms with Crippen LogP contribution in [0.3, 0.4) is 0 Å². The summed E-state index contributed by atoms with van der Waals surface area (Å²) in [7, 11) is 0. The van der Waals surface area contributed by atoms with Crippen molar-refractivity contribution in [3.05, 3.63) is 53.1 Å². The van der Waals surface area contributed by atoms with Crippen molar-refractivity contribution in [3.8, 4) is 0 Å². The molecule has 0 aliphatic rings. The molecule has 1 aromatic heterocycles. The maximum absolute atomic E-state index is 12.5. The Kier molecular flexibility index (Phi) is 7.50. The number of anilines is 1. The Bertz CT molecular complexity index is 752. The molecule has 7 nitrogen and oxygen atoms in total. The molecule has 2 rings (SSSR count). The first-order chi connectivity index (χ1) is 12.5. The van der Waals surface area contributed by atoms with Gasteiger partial charge in [-0.2, -0.15) is 0 Å². The van der Waals surface area contributed by atoms with E-state index in [-0.39, 0.29) is 17.4 Å². The van der Waals surface area contributed by atoms with Crippen LogP contribution in [0.1, 0.15) is 47.2 Å². The SMILES string of the molecule is CCCCC(CN)NC(=O)c1nccnc1C(=O)Nc1ccc(Cl)cc1. The van der Waals surface area contributed by atoms with Gasteiger partial charge in [0.15, 0.2) is 11.4 Å². The van der Waals surface area contributed by atoms with E-state index in [2.05, 4.69) is 27.5 Å². The highest BCUT2D eigenvalue weighted by Gasteiger charge is 2.22. The van der Waals surface area contributed by atoms with E-state index < -0.39 is 11.8 Å². The summed E-state index contributed by atoms with van der Waals surface area (Å²) >= 11 is 5.83. The van der Waals surface area contributed by atoms with Crippen LogP contribution in [-0.4, -0.2) is 34.4 Å². The molecule has 26 heavy (non-hydrogen) atoms. The fourth-order valence-corrected chi connectivity index (χ4v) is 2.47. The zero-order chi connectivity index (χ0) is 18.9. The fourth-order valence-electron chi connectivity index (χ4n) is 2.35. The number of carbonyl (C=O) groups excluding carboxylic acids is 2. The number of benzene rings is 1. The van der Waals surface area contributed by atoms with E-state index in [0.29, 0.717) is 17.3 Å². The van der Waals surface area contributed by atoms with E-state index in [1.165, 1.54) is 12.4 Å². The van der Waals surface area contributed by atoms with Gasteiger partial charge in [-0.25, -0.2) is 9.97 Å². The minimum Gasteiger partial charge on any atom is -0.347 e. The summed E-state index contributed by atoms with van der Waals surface area (Å²) in [5.74, 6) is -0.991. The highest BCUT2D eigenvalue weighted by molar-refractivity contribution is 6.30. The smallest absolute Gasteiger partial charge is 0.276 e. The Morgan fingerprint density at radius 2 is 1.73 bits per heavy atom. The average Bonchev–Trinajstić information content (AvgIpc) is 2.66. The van der Waals surface area contributed by atoms with Crippen LogP contribution >= 0.6 is 11.6 Å². The van der Waals surface area contributed by atoms with Gasteiger partial charge in [-0.05, 0) is 30.7 Å². The van der Waals surface area contributed by atoms with Crippen LogP contribution in [0.5, 0.6) is 0 Å². The third-order valence-electron chi connectivity index (χ3n) is 3.76. The Labute approximate surface area is 157 Å². The van der Waals surface area contributed by atoms with Crippen LogP contribution in [-0.2, 0) is 0 Å². The quantitative estimate of drug-likeness (QED) is 0.657. The molecular formula is C18H22ClN5O2. The molecule has 1 aromatic carbocycles. The number of hydrogen-bond acceptors (Lipinski definition) is 5. The number of amides is 2. The number of halogens is 1. The lowest BCUT2D eigenvalue weighted by Crippen LogP contribution is -2.41. The highest BCUT2D eigenvalue weighted by Crippen LogP contribution is 2.15. The van der Waals surface area contributed by atoms with Crippen molar-refractivity contribution in [3.63, 3.8) is 0 Å². The van der Waals surface area contributed by atoms with E-state index in [4.69, 9.17) is 17.3 Å². The Morgan fingerprint density at radius 1 is 1.12 bits per heavy atom. The Morgan fingerprint density at radius 3 is 2.31 bits per heavy atom. The maximum Gasteiger partial charge on any atom is 0.276 e. The van der Waals surface area contributed by atoms with Gasteiger partial charge in [0, 0.05) is 35.7 Å². The van der Waals surface area contributed by atoms with Gasteiger partial charge >= 0.3 is 0 Å². The molecule has 8 heteroatoms. The predicted octanol–water partition coefficient (Wildman–Crippen LogP) is 2.63. The second-order valence-corrected chi connectivity index (χ2v) is 6.20.